The minimum absolute atomic E-state index is 0.0703. The SMILES string of the molecule is O=C(OCc1ccccc1)N1CC2CC1(Cn1ccnc1)C2. The van der Waals surface area contributed by atoms with Crippen LogP contribution >= 0.6 is 0 Å². The number of aromatic nitrogens is 2. The summed E-state index contributed by atoms with van der Waals surface area (Å²) in [7, 11) is 0. The normalized spacial score (nSPS) is 25.8. The molecule has 0 spiro atoms. The number of ether oxygens (including phenoxy) is 1. The predicted molar refractivity (Wildman–Crippen MR) is 81.0 cm³/mol. The third kappa shape index (κ3) is 2.26. The maximum absolute atomic E-state index is 12.5. The lowest BCUT2D eigenvalue weighted by molar-refractivity contribution is 0.0501. The molecule has 5 rings (SSSR count). The van der Waals surface area contributed by atoms with Crippen LogP contribution in [0.1, 0.15) is 18.4 Å². The van der Waals surface area contributed by atoms with Gasteiger partial charge in [0.2, 0.25) is 0 Å². The molecule has 0 unspecified atom stereocenters. The van der Waals surface area contributed by atoms with Crippen LogP contribution in [-0.4, -0.2) is 32.6 Å². The highest BCUT2D eigenvalue weighted by atomic mass is 16.6. The van der Waals surface area contributed by atoms with Crippen LogP contribution in [0.2, 0.25) is 0 Å². The molecule has 5 nitrogen and oxygen atoms in total. The topological polar surface area (TPSA) is 47.4 Å². The number of nitrogens with zero attached hydrogens (tertiary/aromatic N) is 3. The summed E-state index contributed by atoms with van der Waals surface area (Å²) >= 11 is 0. The molecule has 22 heavy (non-hydrogen) atoms. The lowest BCUT2D eigenvalue weighted by atomic mass is 9.73. The average Bonchev–Trinajstić information content (AvgIpc) is 3.21. The molecule has 1 aliphatic carbocycles. The third-order valence-corrected chi connectivity index (χ3v) is 4.81. The number of fused-ring (bicyclic) bond motifs is 1. The molecule has 1 saturated carbocycles. The molecule has 2 aliphatic heterocycles. The molecule has 2 aromatic rings. The summed E-state index contributed by atoms with van der Waals surface area (Å²) in [6.07, 6.45) is 7.50. The second-order valence-corrected chi connectivity index (χ2v) is 6.38. The van der Waals surface area contributed by atoms with Crippen LogP contribution in [0.4, 0.5) is 4.79 Å². The molecule has 2 saturated heterocycles. The summed E-state index contributed by atoms with van der Waals surface area (Å²) in [5.74, 6) is 0.632. The van der Waals surface area contributed by atoms with E-state index in [9.17, 15) is 4.79 Å². The van der Waals surface area contributed by atoms with Gasteiger partial charge in [-0.05, 0) is 24.3 Å². The van der Waals surface area contributed by atoms with Gasteiger partial charge in [-0.1, -0.05) is 30.3 Å². The average molecular weight is 297 g/mol. The Bertz CT molecular complexity index is 648. The van der Waals surface area contributed by atoms with Crippen molar-refractivity contribution in [2.75, 3.05) is 6.54 Å². The van der Waals surface area contributed by atoms with Crippen molar-refractivity contribution in [3.63, 3.8) is 0 Å². The second kappa shape index (κ2) is 5.16. The van der Waals surface area contributed by atoms with E-state index in [2.05, 4.69) is 9.55 Å². The first-order chi connectivity index (χ1) is 10.8. The first-order valence-corrected chi connectivity index (χ1v) is 7.69. The molecule has 2 bridgehead atoms. The van der Waals surface area contributed by atoms with E-state index >= 15 is 0 Å². The van der Waals surface area contributed by atoms with Crippen LogP contribution in [0.15, 0.2) is 49.1 Å². The maximum Gasteiger partial charge on any atom is 0.410 e. The predicted octanol–water partition coefficient (Wildman–Crippen LogP) is 2.68. The molecule has 3 heterocycles. The standard InChI is InChI=1S/C17H19N3O2/c21-16(22-11-14-4-2-1-3-5-14)20-10-15-8-17(20,9-15)12-19-7-6-18-13-19/h1-7,13,15H,8-12H2. The van der Waals surface area contributed by atoms with Gasteiger partial charge in [0.1, 0.15) is 6.61 Å². The van der Waals surface area contributed by atoms with E-state index in [0.29, 0.717) is 12.5 Å². The molecule has 1 aromatic carbocycles. The van der Waals surface area contributed by atoms with E-state index in [0.717, 1.165) is 31.5 Å². The van der Waals surface area contributed by atoms with Crippen molar-refractivity contribution in [3.05, 3.63) is 54.6 Å². The molecule has 5 heteroatoms. The van der Waals surface area contributed by atoms with Crippen LogP contribution in [0.3, 0.4) is 0 Å². The van der Waals surface area contributed by atoms with Crippen LogP contribution < -0.4 is 0 Å². The maximum atomic E-state index is 12.5. The minimum Gasteiger partial charge on any atom is -0.445 e. The Morgan fingerprint density at radius 1 is 1.32 bits per heavy atom. The van der Waals surface area contributed by atoms with Gasteiger partial charge in [0.05, 0.1) is 11.9 Å². The monoisotopic (exact) mass is 297 g/mol. The van der Waals surface area contributed by atoms with E-state index < -0.39 is 0 Å². The van der Waals surface area contributed by atoms with E-state index in [4.69, 9.17) is 4.74 Å². The fourth-order valence-electron chi connectivity index (χ4n) is 3.82. The smallest absolute Gasteiger partial charge is 0.410 e. The number of carbonyl (C=O) groups is 1. The summed E-state index contributed by atoms with van der Waals surface area (Å²) in [5.41, 5.74) is 0.949. The molecule has 3 fully saturated rings. The van der Waals surface area contributed by atoms with Gasteiger partial charge in [-0.2, -0.15) is 0 Å². The summed E-state index contributed by atoms with van der Waals surface area (Å²) < 4.78 is 7.57. The highest BCUT2D eigenvalue weighted by molar-refractivity contribution is 5.70. The van der Waals surface area contributed by atoms with Crippen LogP contribution in [0.5, 0.6) is 0 Å². The van der Waals surface area contributed by atoms with Crippen molar-refractivity contribution in [3.8, 4) is 0 Å². The molecule has 0 N–H and O–H groups in total. The van der Waals surface area contributed by atoms with Crippen LogP contribution in [0, 0.1) is 5.92 Å². The summed E-state index contributed by atoms with van der Waals surface area (Å²) in [5, 5.41) is 0. The van der Waals surface area contributed by atoms with E-state index in [1.54, 1.807) is 6.20 Å². The summed E-state index contributed by atoms with van der Waals surface area (Å²) in [6.45, 7) is 1.97. The summed E-state index contributed by atoms with van der Waals surface area (Å²) in [6, 6.07) is 9.81. The number of hydrogen-bond donors (Lipinski definition) is 0. The van der Waals surface area contributed by atoms with Gasteiger partial charge >= 0.3 is 6.09 Å². The molecular formula is C17H19N3O2. The largest absolute Gasteiger partial charge is 0.445 e. The lowest BCUT2D eigenvalue weighted by Crippen LogP contribution is -2.51. The molecule has 114 valence electrons. The van der Waals surface area contributed by atoms with E-state index in [1.165, 1.54) is 0 Å². The first kappa shape index (κ1) is 13.4. The third-order valence-electron chi connectivity index (χ3n) is 4.81. The quantitative estimate of drug-likeness (QED) is 0.871. The van der Waals surface area contributed by atoms with E-state index in [1.807, 2.05) is 47.8 Å². The zero-order valence-corrected chi connectivity index (χ0v) is 12.4. The Balaban J connectivity index is 1.42. The van der Waals surface area contributed by atoms with Gasteiger partial charge in [-0.25, -0.2) is 9.78 Å². The van der Waals surface area contributed by atoms with Gasteiger partial charge in [0, 0.05) is 25.5 Å². The number of rotatable bonds is 4. The van der Waals surface area contributed by atoms with Crippen molar-refractivity contribution in [1.29, 1.82) is 0 Å². The number of carbonyl (C=O) groups excluding carboxylic acids is 1. The lowest BCUT2D eigenvalue weighted by Gasteiger charge is -2.41. The number of benzene rings is 1. The zero-order valence-electron chi connectivity index (χ0n) is 12.4. The number of imidazole rings is 1. The van der Waals surface area contributed by atoms with Crippen LogP contribution in [0.25, 0.3) is 0 Å². The van der Waals surface area contributed by atoms with Gasteiger partial charge in [0.25, 0.3) is 0 Å². The van der Waals surface area contributed by atoms with E-state index in [-0.39, 0.29) is 11.6 Å². The van der Waals surface area contributed by atoms with Gasteiger partial charge < -0.3 is 14.2 Å². The Labute approximate surface area is 129 Å². The summed E-state index contributed by atoms with van der Waals surface area (Å²) in [4.78, 5) is 18.5. The fraction of sp³-hybridized carbons (Fsp3) is 0.412. The Kier molecular flexibility index (Phi) is 3.13. The molecule has 3 aliphatic rings. The van der Waals surface area contributed by atoms with Crippen LogP contribution in [-0.2, 0) is 17.9 Å². The highest BCUT2D eigenvalue weighted by Crippen LogP contribution is 2.51. The van der Waals surface area contributed by atoms with Crippen molar-refractivity contribution >= 4 is 6.09 Å². The molecule has 1 aromatic heterocycles. The van der Waals surface area contributed by atoms with Gasteiger partial charge in [-0.3, -0.25) is 0 Å². The van der Waals surface area contributed by atoms with Crippen molar-refractivity contribution in [2.45, 2.75) is 31.5 Å². The molecule has 0 atom stereocenters. The highest BCUT2D eigenvalue weighted by Gasteiger charge is 2.58. The van der Waals surface area contributed by atoms with Gasteiger partial charge in [0.15, 0.2) is 0 Å². The fourth-order valence-corrected chi connectivity index (χ4v) is 3.82. The Morgan fingerprint density at radius 3 is 2.86 bits per heavy atom. The number of hydrogen-bond acceptors (Lipinski definition) is 3. The van der Waals surface area contributed by atoms with Crippen molar-refractivity contribution in [2.24, 2.45) is 5.92 Å². The minimum atomic E-state index is -0.191. The Hall–Kier alpha value is -2.30. The van der Waals surface area contributed by atoms with Gasteiger partial charge in [-0.15, -0.1) is 0 Å². The molecule has 0 radical (unpaired) electrons. The second-order valence-electron chi connectivity index (χ2n) is 6.38. The molecular weight excluding hydrogens is 278 g/mol. The first-order valence-electron chi connectivity index (χ1n) is 7.69. The zero-order chi connectivity index (χ0) is 15.0. The molecule has 1 amide bonds. The van der Waals surface area contributed by atoms with Crippen molar-refractivity contribution in [1.82, 2.24) is 14.5 Å². The Morgan fingerprint density at radius 2 is 2.14 bits per heavy atom. The number of amides is 1. The van der Waals surface area contributed by atoms with Crippen molar-refractivity contribution < 1.29 is 9.53 Å².